The second-order valence-electron chi connectivity index (χ2n) is 11.0. The minimum Gasteiger partial charge on any atom is -0.462 e. The van der Waals surface area contributed by atoms with Gasteiger partial charge < -0.3 is 23.7 Å². The summed E-state index contributed by atoms with van der Waals surface area (Å²) in [5, 5.41) is 0. The van der Waals surface area contributed by atoms with Crippen LogP contribution in [0.1, 0.15) is 82.1 Å². The van der Waals surface area contributed by atoms with Gasteiger partial charge in [0.25, 0.3) is 0 Å². The van der Waals surface area contributed by atoms with Gasteiger partial charge in [-0.3, -0.25) is 14.4 Å². The maximum absolute atomic E-state index is 13.3. The zero-order valence-corrected chi connectivity index (χ0v) is 24.4. The number of hydrogen-bond donors (Lipinski definition) is 0. The zero-order chi connectivity index (χ0) is 28.9. The SMILES string of the molecule is C/C=C(\C)C(=O)O[C@H]1/C(C)=C\CC[C@@]2(C)O[C@@H]2[C@@H](OC(=O)[C@H](C)[C@H](C)OC(C)=O)[C@@H](C(C)C)[C@H]1OC(C)=O. The van der Waals surface area contributed by atoms with Crippen LogP contribution in [0.15, 0.2) is 23.3 Å². The molecule has 0 radical (unpaired) electrons. The second kappa shape index (κ2) is 12.9. The standard InChI is InChI=1S/C29H44O9/c1-11-16(4)27(32)36-23-17(5)13-12-14-29(10)26(38-29)25(22(15(2)3)24(23)35-21(9)31)37-28(33)18(6)19(7)34-20(8)30/h11,13,15,18-19,22-26H,12,14H2,1-10H3/b16-11+,17-13-/t18-,19+,22+,23+,24-,25+,26-,29-/m1/s1. The molecule has 214 valence electrons. The average Bonchev–Trinajstić information content (AvgIpc) is 3.49. The highest BCUT2D eigenvalue weighted by atomic mass is 16.6. The smallest absolute Gasteiger partial charge is 0.334 e. The average molecular weight is 537 g/mol. The van der Waals surface area contributed by atoms with Crippen LogP contribution in [-0.2, 0) is 42.9 Å². The first-order valence-corrected chi connectivity index (χ1v) is 13.4. The van der Waals surface area contributed by atoms with Crippen molar-refractivity contribution in [1.29, 1.82) is 0 Å². The summed E-state index contributed by atoms with van der Waals surface area (Å²) in [4.78, 5) is 50.0. The molecule has 8 atom stereocenters. The van der Waals surface area contributed by atoms with E-state index in [9.17, 15) is 19.2 Å². The highest BCUT2D eigenvalue weighted by Crippen LogP contribution is 2.48. The van der Waals surface area contributed by atoms with Crippen LogP contribution >= 0.6 is 0 Å². The Morgan fingerprint density at radius 2 is 1.63 bits per heavy atom. The van der Waals surface area contributed by atoms with Crippen LogP contribution in [0.2, 0.25) is 0 Å². The summed E-state index contributed by atoms with van der Waals surface area (Å²) in [6.45, 7) is 16.9. The molecule has 0 unspecified atom stereocenters. The fourth-order valence-corrected chi connectivity index (χ4v) is 4.94. The Morgan fingerprint density at radius 1 is 1.00 bits per heavy atom. The first-order valence-electron chi connectivity index (χ1n) is 13.4. The van der Waals surface area contributed by atoms with Crippen molar-refractivity contribution in [2.75, 3.05) is 0 Å². The van der Waals surface area contributed by atoms with Crippen molar-refractivity contribution in [2.45, 2.75) is 118 Å². The third kappa shape index (κ3) is 7.68. The maximum atomic E-state index is 13.3. The number of allylic oxidation sites excluding steroid dienone is 2. The summed E-state index contributed by atoms with van der Waals surface area (Å²) in [6.07, 6.45) is 1.15. The van der Waals surface area contributed by atoms with Gasteiger partial charge in [-0.2, -0.15) is 0 Å². The van der Waals surface area contributed by atoms with Gasteiger partial charge in [0.15, 0.2) is 6.10 Å². The lowest BCUT2D eigenvalue weighted by molar-refractivity contribution is -0.182. The Bertz CT molecular complexity index is 965. The Kier molecular flexibility index (Phi) is 10.7. The number of carbonyl (C=O) groups is 4. The van der Waals surface area contributed by atoms with E-state index in [-0.39, 0.29) is 5.92 Å². The zero-order valence-electron chi connectivity index (χ0n) is 24.4. The molecule has 0 bridgehead atoms. The van der Waals surface area contributed by atoms with Gasteiger partial charge in [0.05, 0.1) is 11.5 Å². The van der Waals surface area contributed by atoms with Crippen LogP contribution in [0.5, 0.6) is 0 Å². The lowest BCUT2D eigenvalue weighted by atomic mass is 9.77. The lowest BCUT2D eigenvalue weighted by Crippen LogP contribution is -2.52. The maximum Gasteiger partial charge on any atom is 0.334 e. The first-order chi connectivity index (χ1) is 17.6. The van der Waals surface area contributed by atoms with Crippen molar-refractivity contribution in [3.05, 3.63) is 23.3 Å². The van der Waals surface area contributed by atoms with Crippen LogP contribution in [0.25, 0.3) is 0 Å². The molecule has 9 nitrogen and oxygen atoms in total. The normalized spacial score (nSPS) is 32.6. The molecule has 2 rings (SSSR count). The fourth-order valence-electron chi connectivity index (χ4n) is 4.94. The van der Waals surface area contributed by atoms with Crippen LogP contribution in [0.4, 0.5) is 0 Å². The molecular formula is C29H44O9. The number of carbonyl (C=O) groups excluding carboxylic acids is 4. The minimum absolute atomic E-state index is 0.164. The van der Waals surface area contributed by atoms with Gasteiger partial charge in [-0.05, 0) is 65.9 Å². The molecule has 1 heterocycles. The highest BCUT2D eigenvalue weighted by molar-refractivity contribution is 5.88. The largest absolute Gasteiger partial charge is 0.462 e. The molecule has 9 heteroatoms. The van der Waals surface area contributed by atoms with Crippen molar-refractivity contribution in [3.8, 4) is 0 Å². The summed E-state index contributed by atoms with van der Waals surface area (Å²) >= 11 is 0. The molecule has 0 spiro atoms. The third-order valence-electron chi connectivity index (χ3n) is 7.59. The Balaban J connectivity index is 2.58. The van der Waals surface area contributed by atoms with Gasteiger partial charge in [0.2, 0.25) is 0 Å². The Labute approximate surface area is 226 Å². The van der Waals surface area contributed by atoms with E-state index < -0.39 is 71.8 Å². The Morgan fingerprint density at radius 3 is 2.16 bits per heavy atom. The van der Waals surface area contributed by atoms with E-state index in [1.54, 1.807) is 33.8 Å². The fraction of sp³-hybridized carbons (Fsp3) is 0.724. The van der Waals surface area contributed by atoms with E-state index in [0.717, 1.165) is 5.57 Å². The molecule has 1 aliphatic carbocycles. The van der Waals surface area contributed by atoms with Crippen molar-refractivity contribution < 1.29 is 42.9 Å². The predicted molar refractivity (Wildman–Crippen MR) is 140 cm³/mol. The van der Waals surface area contributed by atoms with Crippen LogP contribution in [-0.4, -0.2) is 60.0 Å². The molecule has 38 heavy (non-hydrogen) atoms. The monoisotopic (exact) mass is 536 g/mol. The molecule has 1 fully saturated rings. The molecule has 0 aromatic carbocycles. The molecule has 2 aliphatic rings. The molecule has 0 aromatic heterocycles. The van der Waals surface area contributed by atoms with Crippen LogP contribution in [0.3, 0.4) is 0 Å². The van der Waals surface area contributed by atoms with Crippen molar-refractivity contribution >= 4 is 23.9 Å². The summed E-state index contributed by atoms with van der Waals surface area (Å²) in [7, 11) is 0. The van der Waals surface area contributed by atoms with Gasteiger partial charge in [0, 0.05) is 25.3 Å². The van der Waals surface area contributed by atoms with Crippen LogP contribution < -0.4 is 0 Å². The lowest BCUT2D eigenvalue weighted by Gasteiger charge is -2.39. The number of fused-ring (bicyclic) bond motifs is 1. The molecule has 0 aromatic rings. The van der Waals surface area contributed by atoms with Crippen LogP contribution in [0, 0.1) is 17.8 Å². The molecule has 1 aliphatic heterocycles. The summed E-state index contributed by atoms with van der Waals surface area (Å²) in [5.41, 5.74) is 0.626. The predicted octanol–water partition coefficient (Wildman–Crippen LogP) is 4.47. The number of epoxide rings is 1. The summed E-state index contributed by atoms with van der Waals surface area (Å²) in [6, 6.07) is 0. The number of esters is 4. The molecule has 1 saturated heterocycles. The van der Waals surface area contributed by atoms with Gasteiger partial charge in [-0.15, -0.1) is 0 Å². The van der Waals surface area contributed by atoms with Gasteiger partial charge >= 0.3 is 23.9 Å². The number of rotatable bonds is 8. The van der Waals surface area contributed by atoms with Gasteiger partial charge in [-0.25, -0.2) is 4.79 Å². The first kappa shape index (κ1) is 31.5. The molecule has 0 amide bonds. The summed E-state index contributed by atoms with van der Waals surface area (Å²) in [5.74, 6) is -3.60. The van der Waals surface area contributed by atoms with E-state index >= 15 is 0 Å². The Hall–Kier alpha value is -2.68. The van der Waals surface area contributed by atoms with E-state index in [4.69, 9.17) is 23.7 Å². The van der Waals surface area contributed by atoms with Gasteiger partial charge in [0.1, 0.15) is 24.4 Å². The quantitative estimate of drug-likeness (QED) is 0.146. The number of hydrogen-bond acceptors (Lipinski definition) is 9. The minimum atomic E-state index is -0.942. The molecule has 0 N–H and O–H groups in total. The van der Waals surface area contributed by atoms with Gasteiger partial charge in [-0.1, -0.05) is 26.0 Å². The summed E-state index contributed by atoms with van der Waals surface area (Å²) < 4.78 is 29.3. The van der Waals surface area contributed by atoms with E-state index in [1.165, 1.54) is 13.8 Å². The highest BCUT2D eigenvalue weighted by Gasteiger charge is 2.61. The van der Waals surface area contributed by atoms with Crippen molar-refractivity contribution in [1.82, 2.24) is 0 Å². The topological polar surface area (TPSA) is 118 Å². The van der Waals surface area contributed by atoms with Crippen molar-refractivity contribution in [2.24, 2.45) is 17.8 Å². The van der Waals surface area contributed by atoms with E-state index in [1.807, 2.05) is 33.8 Å². The van der Waals surface area contributed by atoms with E-state index in [0.29, 0.717) is 18.4 Å². The molecule has 0 saturated carbocycles. The van der Waals surface area contributed by atoms with Crippen molar-refractivity contribution in [3.63, 3.8) is 0 Å². The number of ether oxygens (including phenoxy) is 5. The third-order valence-corrected chi connectivity index (χ3v) is 7.59. The second-order valence-corrected chi connectivity index (χ2v) is 11.0. The van der Waals surface area contributed by atoms with E-state index in [2.05, 4.69) is 0 Å². The molecular weight excluding hydrogens is 492 g/mol.